The van der Waals surface area contributed by atoms with Gasteiger partial charge in [0.15, 0.2) is 0 Å². The van der Waals surface area contributed by atoms with Gasteiger partial charge in [-0.25, -0.2) is 4.98 Å². The van der Waals surface area contributed by atoms with Gasteiger partial charge in [0.1, 0.15) is 11.6 Å². The molecule has 5 nitrogen and oxygen atoms in total. The minimum Gasteiger partial charge on any atom is -0.493 e. The fourth-order valence-electron chi connectivity index (χ4n) is 3.34. The van der Waals surface area contributed by atoms with Crippen molar-refractivity contribution in [2.24, 2.45) is 0 Å². The van der Waals surface area contributed by atoms with Gasteiger partial charge in [0.2, 0.25) is 5.91 Å². The lowest BCUT2D eigenvalue weighted by atomic mass is 10.1. The molecule has 0 aliphatic rings. The Morgan fingerprint density at radius 2 is 1.93 bits per heavy atom. The molecule has 1 amide bonds. The molecule has 2 aromatic carbocycles. The first kappa shape index (κ1) is 21.4. The van der Waals surface area contributed by atoms with Crippen molar-refractivity contribution < 1.29 is 9.53 Å². The number of amides is 1. The van der Waals surface area contributed by atoms with Gasteiger partial charge < -0.3 is 14.6 Å². The van der Waals surface area contributed by atoms with Crippen LogP contribution in [-0.4, -0.2) is 22.1 Å². The maximum Gasteiger partial charge on any atom is 0.246 e. The molecule has 0 aliphatic heterocycles. The van der Waals surface area contributed by atoms with Crippen molar-refractivity contribution in [2.45, 2.75) is 39.3 Å². The summed E-state index contributed by atoms with van der Waals surface area (Å²) in [7, 11) is 0. The van der Waals surface area contributed by atoms with Gasteiger partial charge in [-0.15, -0.1) is 6.58 Å². The quantitative estimate of drug-likeness (QED) is 0.284. The Balaban J connectivity index is 1.60. The van der Waals surface area contributed by atoms with Crippen LogP contribution in [0.2, 0.25) is 0 Å². The Morgan fingerprint density at radius 1 is 1.17 bits per heavy atom. The third kappa shape index (κ3) is 5.38. The van der Waals surface area contributed by atoms with Crippen LogP contribution < -0.4 is 10.1 Å². The molecular formula is C25H29N3O2. The summed E-state index contributed by atoms with van der Waals surface area (Å²) in [4.78, 5) is 16.6. The summed E-state index contributed by atoms with van der Waals surface area (Å²) >= 11 is 0. The number of imidazole rings is 1. The first-order valence-electron chi connectivity index (χ1n) is 10.3. The summed E-state index contributed by atoms with van der Waals surface area (Å²) in [6.07, 6.45) is 4.56. The molecule has 5 heteroatoms. The standard InChI is InChI=1S/C25H29N3O2/c1-4-11-20-12-5-8-15-23(20)30-17-10-9-16-28-22-14-7-6-13-21(22)27-24(28)18-26-25(29)19(2)3/h4-8,12-15H,1-2,9-11,16-18H2,3H3,(H,26,29). The van der Waals surface area contributed by atoms with Gasteiger partial charge in [0.25, 0.3) is 0 Å². The number of carbonyl (C=O) groups is 1. The second kappa shape index (κ2) is 10.4. The number of hydrogen-bond donors (Lipinski definition) is 1. The van der Waals surface area contributed by atoms with Crippen LogP contribution in [0.1, 0.15) is 31.2 Å². The zero-order valence-electron chi connectivity index (χ0n) is 17.6. The summed E-state index contributed by atoms with van der Waals surface area (Å²) in [5.74, 6) is 1.62. The van der Waals surface area contributed by atoms with Gasteiger partial charge in [0, 0.05) is 12.1 Å². The van der Waals surface area contributed by atoms with Crippen LogP contribution in [0.4, 0.5) is 0 Å². The van der Waals surface area contributed by atoms with E-state index in [1.165, 1.54) is 0 Å². The lowest BCUT2D eigenvalue weighted by Crippen LogP contribution is -2.25. The van der Waals surface area contributed by atoms with Crippen molar-refractivity contribution in [2.75, 3.05) is 6.61 Å². The zero-order chi connectivity index (χ0) is 21.3. The van der Waals surface area contributed by atoms with Gasteiger partial charge in [-0.2, -0.15) is 0 Å². The Bertz CT molecular complexity index is 1040. The average molecular weight is 404 g/mol. The molecule has 30 heavy (non-hydrogen) atoms. The summed E-state index contributed by atoms with van der Waals surface area (Å²) in [5, 5.41) is 2.89. The number of allylic oxidation sites excluding steroid dienone is 1. The zero-order valence-corrected chi connectivity index (χ0v) is 17.6. The number of hydrogen-bond acceptors (Lipinski definition) is 3. The molecular weight excluding hydrogens is 374 g/mol. The van der Waals surface area contributed by atoms with Gasteiger partial charge in [-0.3, -0.25) is 4.79 Å². The molecule has 0 bridgehead atoms. The highest BCUT2D eigenvalue weighted by Gasteiger charge is 2.11. The Hall–Kier alpha value is -3.34. The molecule has 1 N–H and O–H groups in total. The highest BCUT2D eigenvalue weighted by Crippen LogP contribution is 2.20. The smallest absolute Gasteiger partial charge is 0.246 e. The van der Waals surface area contributed by atoms with Crippen molar-refractivity contribution in [3.63, 3.8) is 0 Å². The second-order valence-corrected chi connectivity index (χ2v) is 7.29. The van der Waals surface area contributed by atoms with Crippen LogP contribution in [0.25, 0.3) is 11.0 Å². The maximum atomic E-state index is 11.9. The van der Waals surface area contributed by atoms with E-state index < -0.39 is 0 Å². The van der Waals surface area contributed by atoms with Gasteiger partial charge in [-0.05, 0) is 49.9 Å². The van der Waals surface area contributed by atoms with Crippen molar-refractivity contribution >= 4 is 16.9 Å². The summed E-state index contributed by atoms with van der Waals surface area (Å²) in [6.45, 7) is 11.0. The van der Waals surface area contributed by atoms with Crippen LogP contribution in [0, 0.1) is 0 Å². The number of para-hydroxylation sites is 3. The van der Waals surface area contributed by atoms with E-state index >= 15 is 0 Å². The third-order valence-corrected chi connectivity index (χ3v) is 4.90. The van der Waals surface area contributed by atoms with E-state index in [1.807, 2.05) is 42.5 Å². The Labute approximate surface area is 178 Å². The van der Waals surface area contributed by atoms with Crippen LogP contribution in [0.5, 0.6) is 5.75 Å². The van der Waals surface area contributed by atoms with E-state index in [0.29, 0.717) is 18.7 Å². The van der Waals surface area contributed by atoms with Gasteiger partial charge in [-0.1, -0.05) is 43.0 Å². The van der Waals surface area contributed by atoms with Crippen LogP contribution in [0.15, 0.2) is 73.3 Å². The van der Waals surface area contributed by atoms with Crippen LogP contribution >= 0.6 is 0 Å². The number of carbonyl (C=O) groups excluding carboxylic acids is 1. The van der Waals surface area contributed by atoms with Gasteiger partial charge in [0.05, 0.1) is 24.2 Å². The molecule has 3 aromatic rings. The predicted molar refractivity (Wildman–Crippen MR) is 121 cm³/mol. The fraction of sp³-hybridized carbons (Fsp3) is 0.280. The normalized spacial score (nSPS) is 10.7. The molecule has 1 heterocycles. The summed E-state index contributed by atoms with van der Waals surface area (Å²) in [5.41, 5.74) is 3.66. The van der Waals surface area contributed by atoms with E-state index in [4.69, 9.17) is 9.72 Å². The van der Waals surface area contributed by atoms with Crippen molar-refractivity contribution in [3.05, 3.63) is 84.7 Å². The monoisotopic (exact) mass is 403 g/mol. The second-order valence-electron chi connectivity index (χ2n) is 7.29. The SMILES string of the molecule is C=CCc1ccccc1OCCCCn1c(CNC(=O)C(=C)C)nc2ccccc21. The lowest BCUT2D eigenvalue weighted by molar-refractivity contribution is -0.117. The molecule has 1 aromatic heterocycles. The number of aryl methyl sites for hydroxylation is 1. The average Bonchev–Trinajstić information content (AvgIpc) is 3.10. The molecule has 0 spiro atoms. The molecule has 0 saturated heterocycles. The van der Waals surface area contributed by atoms with Crippen LogP contribution in [0.3, 0.4) is 0 Å². The minimum absolute atomic E-state index is 0.153. The minimum atomic E-state index is -0.153. The molecule has 3 rings (SSSR count). The number of rotatable bonds is 11. The summed E-state index contributed by atoms with van der Waals surface area (Å²) in [6, 6.07) is 16.1. The number of nitrogens with one attached hydrogen (secondary N) is 1. The van der Waals surface area contributed by atoms with Gasteiger partial charge >= 0.3 is 0 Å². The van der Waals surface area contributed by atoms with Crippen LogP contribution in [-0.2, 0) is 24.3 Å². The number of nitrogens with zero attached hydrogens (tertiary/aromatic N) is 2. The predicted octanol–water partition coefficient (Wildman–Crippen LogP) is 4.82. The molecule has 0 aliphatic carbocycles. The highest BCUT2D eigenvalue weighted by molar-refractivity contribution is 5.92. The first-order valence-corrected chi connectivity index (χ1v) is 10.3. The van der Waals surface area contributed by atoms with E-state index in [9.17, 15) is 4.79 Å². The van der Waals surface area contributed by atoms with E-state index in [-0.39, 0.29) is 5.91 Å². The van der Waals surface area contributed by atoms with E-state index in [1.54, 1.807) is 6.92 Å². The fourth-order valence-corrected chi connectivity index (χ4v) is 3.34. The number of aromatic nitrogens is 2. The molecule has 0 atom stereocenters. The molecule has 0 unspecified atom stereocenters. The Kier molecular flexibility index (Phi) is 7.44. The van der Waals surface area contributed by atoms with E-state index in [0.717, 1.165) is 54.0 Å². The van der Waals surface area contributed by atoms with E-state index in [2.05, 4.69) is 35.2 Å². The molecule has 0 saturated carbocycles. The number of fused-ring (bicyclic) bond motifs is 1. The highest BCUT2D eigenvalue weighted by atomic mass is 16.5. The van der Waals surface area contributed by atoms with Crippen molar-refractivity contribution in [1.82, 2.24) is 14.9 Å². The number of ether oxygens (including phenoxy) is 1. The molecule has 0 fully saturated rings. The first-order chi connectivity index (χ1) is 14.6. The summed E-state index contributed by atoms with van der Waals surface area (Å²) < 4.78 is 8.17. The number of unbranched alkanes of at least 4 members (excludes halogenated alkanes) is 1. The largest absolute Gasteiger partial charge is 0.493 e. The van der Waals surface area contributed by atoms with Crippen molar-refractivity contribution in [3.8, 4) is 5.75 Å². The third-order valence-electron chi connectivity index (χ3n) is 4.90. The number of benzene rings is 2. The molecule has 156 valence electrons. The lowest BCUT2D eigenvalue weighted by Gasteiger charge is -2.12. The maximum absolute atomic E-state index is 11.9. The molecule has 0 radical (unpaired) electrons. The topological polar surface area (TPSA) is 56.1 Å². The van der Waals surface area contributed by atoms with Crippen molar-refractivity contribution in [1.29, 1.82) is 0 Å². The Morgan fingerprint density at radius 3 is 2.73 bits per heavy atom.